The summed E-state index contributed by atoms with van der Waals surface area (Å²) in [6.07, 6.45) is 8.18. The number of carbonyl (C=O) groups is 3. The van der Waals surface area contributed by atoms with E-state index in [-0.39, 0.29) is 24.4 Å². The normalized spacial score (nSPS) is 16.0. The molecular formula is C17H22N4O3S. The van der Waals surface area contributed by atoms with Crippen molar-refractivity contribution in [3.8, 4) is 0 Å². The number of hydrogen-bond acceptors (Lipinski definition) is 5. The molecule has 134 valence electrons. The highest BCUT2D eigenvalue weighted by molar-refractivity contribution is 7.15. The highest BCUT2D eigenvalue weighted by Crippen LogP contribution is 2.17. The van der Waals surface area contributed by atoms with Crippen LogP contribution in [0.5, 0.6) is 0 Å². The van der Waals surface area contributed by atoms with Crippen molar-refractivity contribution in [2.45, 2.75) is 57.5 Å². The van der Waals surface area contributed by atoms with Gasteiger partial charge in [0.1, 0.15) is 5.69 Å². The summed E-state index contributed by atoms with van der Waals surface area (Å²) >= 11 is 1.46. The van der Waals surface area contributed by atoms with Gasteiger partial charge in [-0.15, -0.1) is 11.3 Å². The molecular weight excluding hydrogens is 340 g/mol. The second-order valence-corrected chi connectivity index (χ2v) is 7.38. The Bertz CT molecular complexity index is 747. The topological polar surface area (TPSA) is 92.6 Å². The molecule has 8 heteroatoms. The van der Waals surface area contributed by atoms with Gasteiger partial charge in [0.2, 0.25) is 5.78 Å². The molecule has 3 rings (SSSR count). The molecule has 1 aliphatic rings. The Balaban J connectivity index is 1.43. The molecule has 2 aromatic rings. The maximum absolute atomic E-state index is 12.2. The molecule has 0 aliphatic heterocycles. The van der Waals surface area contributed by atoms with Crippen LogP contribution in [0.1, 0.15) is 55.9 Å². The number of imidazole rings is 1. The summed E-state index contributed by atoms with van der Waals surface area (Å²) in [7, 11) is 0. The van der Waals surface area contributed by atoms with E-state index in [4.69, 9.17) is 0 Å². The first-order valence-electron chi connectivity index (χ1n) is 8.59. The minimum atomic E-state index is -0.500. The van der Waals surface area contributed by atoms with E-state index < -0.39 is 11.7 Å². The molecule has 25 heavy (non-hydrogen) atoms. The lowest BCUT2D eigenvalue weighted by Crippen LogP contribution is -2.39. The van der Waals surface area contributed by atoms with Gasteiger partial charge in [-0.2, -0.15) is 0 Å². The van der Waals surface area contributed by atoms with Crippen LogP contribution < -0.4 is 10.6 Å². The van der Waals surface area contributed by atoms with Crippen LogP contribution in [-0.2, 0) is 9.59 Å². The molecule has 0 radical (unpaired) electrons. The van der Waals surface area contributed by atoms with Crippen LogP contribution in [0.15, 0.2) is 17.8 Å². The van der Waals surface area contributed by atoms with Crippen molar-refractivity contribution in [3.63, 3.8) is 0 Å². The number of amides is 2. The SMILES string of the molecule is CC(CCC(=O)C(=O)NC1CCCC1)NC(=O)c1cn2ccsc2n1. The molecule has 1 unspecified atom stereocenters. The molecule has 2 heterocycles. The van der Waals surface area contributed by atoms with Crippen molar-refractivity contribution in [1.29, 1.82) is 0 Å². The average molecular weight is 362 g/mol. The van der Waals surface area contributed by atoms with E-state index in [9.17, 15) is 14.4 Å². The van der Waals surface area contributed by atoms with Crippen molar-refractivity contribution in [2.24, 2.45) is 0 Å². The van der Waals surface area contributed by atoms with Gasteiger partial charge < -0.3 is 10.6 Å². The van der Waals surface area contributed by atoms with Gasteiger partial charge in [0.15, 0.2) is 4.96 Å². The number of fused-ring (bicyclic) bond motifs is 1. The molecule has 7 nitrogen and oxygen atoms in total. The number of thiazole rings is 1. The van der Waals surface area contributed by atoms with E-state index >= 15 is 0 Å². The first kappa shape index (κ1) is 17.6. The molecule has 2 amide bonds. The maximum Gasteiger partial charge on any atom is 0.287 e. The highest BCUT2D eigenvalue weighted by atomic mass is 32.1. The fourth-order valence-electron chi connectivity index (χ4n) is 3.00. The molecule has 2 N–H and O–H groups in total. The Morgan fingerprint density at radius 3 is 2.84 bits per heavy atom. The summed E-state index contributed by atoms with van der Waals surface area (Å²) in [4.78, 5) is 41.0. The summed E-state index contributed by atoms with van der Waals surface area (Å²) < 4.78 is 1.79. The minimum absolute atomic E-state index is 0.123. The van der Waals surface area contributed by atoms with Crippen molar-refractivity contribution in [3.05, 3.63) is 23.5 Å². The summed E-state index contributed by atoms with van der Waals surface area (Å²) in [5, 5.41) is 7.51. The van der Waals surface area contributed by atoms with E-state index in [0.29, 0.717) is 12.1 Å². The molecule has 1 saturated carbocycles. The van der Waals surface area contributed by atoms with Gasteiger partial charge in [0.05, 0.1) is 0 Å². The molecule has 0 spiro atoms. The van der Waals surface area contributed by atoms with Gasteiger partial charge in [0, 0.05) is 36.3 Å². The zero-order valence-corrected chi connectivity index (χ0v) is 15.0. The number of nitrogens with one attached hydrogen (secondary N) is 2. The number of hydrogen-bond donors (Lipinski definition) is 2. The average Bonchev–Trinajstić information content (AvgIpc) is 3.28. The van der Waals surface area contributed by atoms with Gasteiger partial charge in [-0.05, 0) is 26.2 Å². The van der Waals surface area contributed by atoms with Gasteiger partial charge in [-0.25, -0.2) is 4.98 Å². The number of Topliss-reactive ketones (excluding diaryl/α,β-unsaturated/α-hetero) is 1. The molecule has 0 aromatic carbocycles. The Morgan fingerprint density at radius 1 is 1.36 bits per heavy atom. The minimum Gasteiger partial charge on any atom is -0.348 e. The summed E-state index contributed by atoms with van der Waals surface area (Å²) in [5.74, 6) is -1.19. The molecule has 1 atom stereocenters. The van der Waals surface area contributed by atoms with Gasteiger partial charge in [0.25, 0.3) is 11.8 Å². The van der Waals surface area contributed by atoms with E-state index in [1.807, 2.05) is 18.5 Å². The van der Waals surface area contributed by atoms with E-state index in [2.05, 4.69) is 15.6 Å². The molecule has 2 aromatic heterocycles. The maximum atomic E-state index is 12.2. The molecule has 1 fully saturated rings. The Kier molecular flexibility index (Phi) is 5.47. The first-order valence-corrected chi connectivity index (χ1v) is 9.47. The van der Waals surface area contributed by atoms with Gasteiger partial charge in [-0.1, -0.05) is 12.8 Å². The Labute approximate surface area is 149 Å². The van der Waals surface area contributed by atoms with Crippen molar-refractivity contribution >= 4 is 33.9 Å². The number of carbonyl (C=O) groups excluding carboxylic acids is 3. The van der Waals surface area contributed by atoms with Crippen molar-refractivity contribution < 1.29 is 14.4 Å². The number of ketones is 1. The van der Waals surface area contributed by atoms with E-state index in [1.165, 1.54) is 11.3 Å². The van der Waals surface area contributed by atoms with Gasteiger partial charge in [-0.3, -0.25) is 18.8 Å². The summed E-state index contributed by atoms with van der Waals surface area (Å²) in [5.41, 5.74) is 0.351. The number of nitrogens with zero attached hydrogens (tertiary/aromatic N) is 2. The van der Waals surface area contributed by atoms with Crippen molar-refractivity contribution in [1.82, 2.24) is 20.0 Å². The summed E-state index contributed by atoms with van der Waals surface area (Å²) in [6, 6.07) is -0.0705. The third-order valence-electron chi connectivity index (χ3n) is 4.45. The fraction of sp³-hybridized carbons (Fsp3) is 0.529. The zero-order chi connectivity index (χ0) is 17.8. The van der Waals surface area contributed by atoms with E-state index in [1.54, 1.807) is 10.6 Å². The lowest BCUT2D eigenvalue weighted by atomic mass is 10.1. The van der Waals surface area contributed by atoms with Crippen LogP contribution in [0.2, 0.25) is 0 Å². The molecule has 0 bridgehead atoms. The third-order valence-corrected chi connectivity index (χ3v) is 5.22. The Morgan fingerprint density at radius 2 is 2.12 bits per heavy atom. The van der Waals surface area contributed by atoms with E-state index in [0.717, 1.165) is 30.6 Å². The Hall–Kier alpha value is -2.22. The zero-order valence-electron chi connectivity index (χ0n) is 14.2. The lowest BCUT2D eigenvalue weighted by Gasteiger charge is -2.14. The second kappa shape index (κ2) is 7.77. The quantitative estimate of drug-likeness (QED) is 0.736. The lowest BCUT2D eigenvalue weighted by molar-refractivity contribution is -0.138. The summed E-state index contributed by atoms with van der Waals surface area (Å²) in [6.45, 7) is 1.82. The highest BCUT2D eigenvalue weighted by Gasteiger charge is 2.22. The molecule has 1 aliphatic carbocycles. The monoisotopic (exact) mass is 362 g/mol. The predicted octanol–water partition coefficient (Wildman–Crippen LogP) is 1.92. The fourth-order valence-corrected chi connectivity index (χ4v) is 3.70. The molecule has 0 saturated heterocycles. The van der Waals surface area contributed by atoms with Crippen LogP contribution in [0.3, 0.4) is 0 Å². The first-order chi connectivity index (χ1) is 12.0. The van der Waals surface area contributed by atoms with Crippen LogP contribution in [0.25, 0.3) is 4.96 Å². The van der Waals surface area contributed by atoms with Crippen LogP contribution in [0, 0.1) is 0 Å². The number of aromatic nitrogens is 2. The number of rotatable bonds is 7. The van der Waals surface area contributed by atoms with Gasteiger partial charge >= 0.3 is 0 Å². The third kappa shape index (κ3) is 4.45. The standard InChI is InChI=1S/C17H22N4O3S/c1-11(6-7-14(22)16(24)19-12-4-2-3-5-12)18-15(23)13-10-21-8-9-25-17(21)20-13/h8-12H,2-7H2,1H3,(H,18,23)(H,19,24). The largest absolute Gasteiger partial charge is 0.348 e. The second-order valence-electron chi connectivity index (χ2n) is 6.51. The van der Waals surface area contributed by atoms with Crippen LogP contribution in [-0.4, -0.2) is 39.1 Å². The van der Waals surface area contributed by atoms with Crippen LogP contribution in [0.4, 0.5) is 0 Å². The van der Waals surface area contributed by atoms with Crippen LogP contribution >= 0.6 is 11.3 Å². The van der Waals surface area contributed by atoms with Crippen molar-refractivity contribution in [2.75, 3.05) is 0 Å². The smallest absolute Gasteiger partial charge is 0.287 e. The predicted molar refractivity (Wildman–Crippen MR) is 94.6 cm³/mol.